The molecule has 0 unspecified atom stereocenters. The first-order valence-electron chi connectivity index (χ1n) is 8.87. The summed E-state index contributed by atoms with van der Waals surface area (Å²) in [5.74, 6) is -0.650. The van der Waals surface area contributed by atoms with Gasteiger partial charge in [0.05, 0.1) is 19.2 Å². The van der Waals surface area contributed by atoms with E-state index < -0.39 is 5.97 Å². The highest BCUT2D eigenvalue weighted by Gasteiger charge is 2.26. The molecule has 0 radical (unpaired) electrons. The van der Waals surface area contributed by atoms with Gasteiger partial charge in [0, 0.05) is 16.1 Å². The number of esters is 1. The van der Waals surface area contributed by atoms with Crippen molar-refractivity contribution in [3.8, 4) is 0 Å². The van der Waals surface area contributed by atoms with Gasteiger partial charge in [-0.2, -0.15) is 0 Å². The van der Waals surface area contributed by atoms with Gasteiger partial charge in [-0.25, -0.2) is 4.79 Å². The number of amides is 1. The molecular formula is C20H22N2O4S. The minimum Gasteiger partial charge on any atom is -0.465 e. The topological polar surface area (TPSA) is 84.5 Å². The maximum atomic E-state index is 12.4. The Balaban J connectivity index is 1.68. The van der Waals surface area contributed by atoms with Crippen LogP contribution in [0.15, 0.2) is 24.3 Å². The number of hydrogen-bond donors (Lipinski definition) is 2. The highest BCUT2D eigenvalue weighted by atomic mass is 32.1. The smallest absolute Gasteiger partial charge is 0.341 e. The minimum absolute atomic E-state index is 0.00343. The number of carbonyl (C=O) groups excluding carboxylic acids is 3. The van der Waals surface area contributed by atoms with Crippen LogP contribution in [-0.4, -0.2) is 31.3 Å². The number of aryl methyl sites for hydroxylation is 1. The molecule has 27 heavy (non-hydrogen) atoms. The lowest BCUT2D eigenvalue weighted by Gasteiger charge is -2.12. The molecule has 3 rings (SSSR count). The molecule has 0 spiro atoms. The normalized spacial score (nSPS) is 12.8. The summed E-state index contributed by atoms with van der Waals surface area (Å²) in [4.78, 5) is 37.0. The summed E-state index contributed by atoms with van der Waals surface area (Å²) >= 11 is 1.46. The zero-order valence-corrected chi connectivity index (χ0v) is 16.2. The third-order valence-electron chi connectivity index (χ3n) is 4.56. The van der Waals surface area contributed by atoms with E-state index >= 15 is 0 Å². The van der Waals surface area contributed by atoms with Crippen LogP contribution in [0.2, 0.25) is 0 Å². The predicted molar refractivity (Wildman–Crippen MR) is 106 cm³/mol. The van der Waals surface area contributed by atoms with Crippen LogP contribution in [-0.2, 0) is 22.4 Å². The summed E-state index contributed by atoms with van der Waals surface area (Å²) in [6.07, 6.45) is 3.91. The highest BCUT2D eigenvalue weighted by Crippen LogP contribution is 2.38. The average Bonchev–Trinajstić information content (AvgIpc) is 3.03. The van der Waals surface area contributed by atoms with Crippen molar-refractivity contribution >= 4 is 39.7 Å². The fourth-order valence-corrected chi connectivity index (χ4v) is 4.44. The predicted octanol–water partition coefficient (Wildman–Crippen LogP) is 3.67. The Bertz CT molecular complexity index is 871. The molecule has 1 heterocycles. The van der Waals surface area contributed by atoms with E-state index in [0.717, 1.165) is 41.8 Å². The van der Waals surface area contributed by atoms with Crippen LogP contribution in [0.25, 0.3) is 0 Å². The Hall–Kier alpha value is -2.67. The molecule has 2 aromatic rings. The number of ether oxygens (including phenoxy) is 1. The molecule has 6 nitrogen and oxygen atoms in total. The second-order valence-corrected chi connectivity index (χ2v) is 7.55. The molecular weight excluding hydrogens is 364 g/mol. The Labute approximate surface area is 161 Å². The van der Waals surface area contributed by atoms with Crippen molar-refractivity contribution in [2.24, 2.45) is 0 Å². The molecule has 1 amide bonds. The number of benzene rings is 1. The number of hydrogen-bond acceptors (Lipinski definition) is 6. The Morgan fingerprint density at radius 2 is 1.81 bits per heavy atom. The monoisotopic (exact) mass is 386 g/mol. The van der Waals surface area contributed by atoms with Gasteiger partial charge in [-0.05, 0) is 62.4 Å². The fourth-order valence-electron chi connectivity index (χ4n) is 3.15. The first-order valence-corrected chi connectivity index (χ1v) is 9.69. The third-order valence-corrected chi connectivity index (χ3v) is 5.77. The van der Waals surface area contributed by atoms with E-state index in [1.807, 2.05) is 0 Å². The van der Waals surface area contributed by atoms with Gasteiger partial charge in [-0.3, -0.25) is 9.59 Å². The van der Waals surface area contributed by atoms with Crippen molar-refractivity contribution in [1.29, 1.82) is 0 Å². The van der Waals surface area contributed by atoms with E-state index in [9.17, 15) is 14.4 Å². The van der Waals surface area contributed by atoms with Gasteiger partial charge in [-0.1, -0.05) is 0 Å². The zero-order valence-electron chi connectivity index (χ0n) is 15.4. The molecule has 0 bridgehead atoms. The summed E-state index contributed by atoms with van der Waals surface area (Å²) in [6, 6.07) is 6.94. The maximum Gasteiger partial charge on any atom is 0.341 e. The average molecular weight is 386 g/mol. The van der Waals surface area contributed by atoms with Crippen molar-refractivity contribution in [3.63, 3.8) is 0 Å². The van der Waals surface area contributed by atoms with Gasteiger partial charge < -0.3 is 15.4 Å². The summed E-state index contributed by atoms with van der Waals surface area (Å²) in [6.45, 7) is 1.57. The number of ketones is 1. The quantitative estimate of drug-likeness (QED) is 0.585. The van der Waals surface area contributed by atoms with E-state index in [4.69, 9.17) is 4.74 Å². The van der Waals surface area contributed by atoms with Crippen LogP contribution in [0.1, 0.15) is 50.9 Å². The third kappa shape index (κ3) is 4.36. The van der Waals surface area contributed by atoms with Gasteiger partial charge in [-0.15, -0.1) is 11.3 Å². The van der Waals surface area contributed by atoms with Gasteiger partial charge in [0.1, 0.15) is 5.00 Å². The lowest BCUT2D eigenvalue weighted by Crippen LogP contribution is -2.22. The molecule has 2 N–H and O–H groups in total. The molecule has 0 saturated carbocycles. The van der Waals surface area contributed by atoms with Gasteiger partial charge in [0.15, 0.2) is 5.78 Å². The lowest BCUT2D eigenvalue weighted by molar-refractivity contribution is -0.114. The first kappa shape index (κ1) is 19.1. The molecule has 1 aliphatic carbocycles. The van der Waals surface area contributed by atoms with Gasteiger partial charge >= 0.3 is 5.97 Å². The second-order valence-electron chi connectivity index (χ2n) is 6.44. The van der Waals surface area contributed by atoms with Crippen LogP contribution in [0.5, 0.6) is 0 Å². The molecule has 0 aliphatic heterocycles. The lowest BCUT2D eigenvalue weighted by atomic mass is 9.95. The van der Waals surface area contributed by atoms with E-state index in [1.54, 1.807) is 24.3 Å². The van der Waals surface area contributed by atoms with Crippen molar-refractivity contribution in [2.75, 3.05) is 24.3 Å². The molecule has 0 fully saturated rings. The molecule has 1 aliphatic rings. The van der Waals surface area contributed by atoms with E-state index in [2.05, 4.69) is 10.6 Å². The number of fused-ring (bicyclic) bond motifs is 1. The van der Waals surface area contributed by atoms with Gasteiger partial charge in [0.2, 0.25) is 5.91 Å². The van der Waals surface area contributed by atoms with Crippen LogP contribution >= 0.6 is 11.3 Å². The summed E-state index contributed by atoms with van der Waals surface area (Å²) in [7, 11) is 1.35. The van der Waals surface area contributed by atoms with Gasteiger partial charge in [0.25, 0.3) is 0 Å². The number of carbonyl (C=O) groups is 3. The first-order chi connectivity index (χ1) is 13.0. The Kier molecular flexibility index (Phi) is 5.91. The summed E-state index contributed by atoms with van der Waals surface area (Å²) in [5, 5.41) is 6.43. The molecule has 7 heteroatoms. The minimum atomic E-state index is -0.405. The van der Waals surface area contributed by atoms with Crippen LogP contribution in [0.4, 0.5) is 10.7 Å². The number of Topliss-reactive ketones (excluding diaryl/α,β-unsaturated/α-hetero) is 1. The van der Waals surface area contributed by atoms with Crippen molar-refractivity contribution in [2.45, 2.75) is 32.6 Å². The standard InChI is InChI=1S/C20H22N2O4S/c1-12(23)13-7-9-14(10-8-13)21-11-17(24)22-19-18(20(25)26-2)15-5-3-4-6-16(15)27-19/h7-10,21H,3-6,11H2,1-2H3,(H,22,24). The van der Waals surface area contributed by atoms with E-state index in [1.165, 1.54) is 25.4 Å². The molecule has 0 atom stereocenters. The fraction of sp³-hybridized carbons (Fsp3) is 0.350. The van der Waals surface area contributed by atoms with Crippen LogP contribution in [0, 0.1) is 0 Å². The largest absolute Gasteiger partial charge is 0.465 e. The molecule has 0 saturated heterocycles. The number of rotatable bonds is 6. The van der Waals surface area contributed by atoms with E-state index in [-0.39, 0.29) is 18.2 Å². The maximum absolute atomic E-state index is 12.4. The summed E-state index contributed by atoms with van der Waals surface area (Å²) < 4.78 is 4.92. The van der Waals surface area contributed by atoms with E-state index in [0.29, 0.717) is 16.1 Å². The number of anilines is 2. The second kappa shape index (κ2) is 8.35. The van der Waals surface area contributed by atoms with Crippen molar-refractivity contribution in [1.82, 2.24) is 0 Å². The summed E-state index contributed by atoms with van der Waals surface area (Å²) in [5.41, 5.74) is 2.88. The van der Waals surface area contributed by atoms with Crippen LogP contribution < -0.4 is 10.6 Å². The molecule has 1 aromatic heterocycles. The Morgan fingerprint density at radius 3 is 2.48 bits per heavy atom. The van der Waals surface area contributed by atoms with Crippen LogP contribution in [0.3, 0.4) is 0 Å². The number of thiophene rings is 1. The van der Waals surface area contributed by atoms with Crippen molar-refractivity contribution in [3.05, 3.63) is 45.8 Å². The Morgan fingerprint density at radius 1 is 1.11 bits per heavy atom. The SMILES string of the molecule is COC(=O)c1c(NC(=O)CNc2ccc(C(C)=O)cc2)sc2c1CCCC2. The molecule has 142 valence electrons. The highest BCUT2D eigenvalue weighted by molar-refractivity contribution is 7.17. The number of nitrogens with one attached hydrogen (secondary N) is 2. The molecule has 1 aromatic carbocycles. The van der Waals surface area contributed by atoms with Crippen molar-refractivity contribution < 1.29 is 19.1 Å². The zero-order chi connectivity index (χ0) is 19.4. The number of methoxy groups -OCH3 is 1.